The molecule has 0 N–H and O–H groups in total. The zero-order valence-electron chi connectivity index (χ0n) is 31.2. The topological polar surface area (TPSA) is 56.7 Å². The van der Waals surface area contributed by atoms with Crippen LogP contribution in [0.25, 0.3) is 116 Å². The summed E-state index contributed by atoms with van der Waals surface area (Å²) in [6, 6.07) is 68.1. The minimum Gasteiger partial charge on any atom is -0.455 e. The molecule has 270 valence electrons. The van der Waals surface area contributed by atoms with Gasteiger partial charge in [-0.05, 0) is 75.6 Å². The third-order valence-electron chi connectivity index (χ3n) is 11.4. The molecule has 3 aromatic heterocycles. The lowest BCUT2D eigenvalue weighted by Gasteiger charge is -2.11. The molecule has 5 nitrogen and oxygen atoms in total. The van der Waals surface area contributed by atoms with Crippen molar-refractivity contribution in [3.05, 3.63) is 194 Å². The van der Waals surface area contributed by atoms with E-state index in [1.807, 2.05) is 0 Å². The zero-order chi connectivity index (χ0) is 38.2. The Morgan fingerprint density at radius 3 is 1.45 bits per heavy atom. The second-order valence-corrected chi connectivity index (χ2v) is 14.8. The number of nitrogens with zero attached hydrogens (tertiary/aromatic N) is 4. The highest BCUT2D eigenvalue weighted by Crippen LogP contribution is 2.41. The molecule has 0 aliphatic rings. The van der Waals surface area contributed by atoms with Gasteiger partial charge in [-0.1, -0.05) is 146 Å². The van der Waals surface area contributed by atoms with Gasteiger partial charge < -0.3 is 8.98 Å². The Labute approximate surface area is 333 Å². The third-order valence-corrected chi connectivity index (χ3v) is 11.4. The van der Waals surface area contributed by atoms with Gasteiger partial charge in [-0.2, -0.15) is 0 Å². The average Bonchev–Trinajstić information content (AvgIpc) is 3.84. The van der Waals surface area contributed by atoms with Crippen molar-refractivity contribution in [1.29, 1.82) is 0 Å². The van der Waals surface area contributed by atoms with Crippen LogP contribution in [-0.2, 0) is 0 Å². The Bertz CT molecular complexity index is 3430. The minimum absolute atomic E-state index is 0.581. The molecule has 0 bridgehead atoms. The predicted octanol–water partition coefficient (Wildman–Crippen LogP) is 13.8. The highest BCUT2D eigenvalue weighted by Gasteiger charge is 2.20. The SMILES string of the molecule is c1ccc(-c2cc(-n3c4ccccc4c4ccccc43)cc3c2oc2cc(-c4nc(-c5ccc6ccccc6c5)nc(-c5ccc6ccccc6c5)n4)ccc23)cc1. The molecule has 0 saturated heterocycles. The maximum atomic E-state index is 6.89. The van der Waals surface area contributed by atoms with Gasteiger partial charge in [0.05, 0.1) is 11.0 Å². The summed E-state index contributed by atoms with van der Waals surface area (Å²) in [4.78, 5) is 15.4. The molecular weight excluding hydrogens is 709 g/mol. The van der Waals surface area contributed by atoms with Crippen LogP contribution < -0.4 is 0 Å². The van der Waals surface area contributed by atoms with Crippen molar-refractivity contribution in [2.45, 2.75) is 0 Å². The van der Waals surface area contributed by atoms with Crippen molar-refractivity contribution in [3.63, 3.8) is 0 Å². The number of hydrogen-bond donors (Lipinski definition) is 0. The molecule has 3 heterocycles. The molecule has 12 aromatic rings. The molecule has 5 heteroatoms. The van der Waals surface area contributed by atoms with Gasteiger partial charge >= 0.3 is 0 Å². The fourth-order valence-electron chi connectivity index (χ4n) is 8.58. The summed E-state index contributed by atoms with van der Waals surface area (Å²) in [5.74, 6) is 1.81. The first-order chi connectivity index (χ1) is 28.7. The molecule has 9 aromatic carbocycles. The summed E-state index contributed by atoms with van der Waals surface area (Å²) in [5, 5.41) is 9.12. The largest absolute Gasteiger partial charge is 0.455 e. The van der Waals surface area contributed by atoms with Crippen molar-refractivity contribution in [2.75, 3.05) is 0 Å². The summed E-state index contributed by atoms with van der Waals surface area (Å²) in [5.41, 5.74) is 9.84. The van der Waals surface area contributed by atoms with Crippen molar-refractivity contribution >= 4 is 65.3 Å². The number of furan rings is 1. The van der Waals surface area contributed by atoms with E-state index in [2.05, 4.69) is 199 Å². The molecular formula is C53H32N4O. The van der Waals surface area contributed by atoms with Crippen molar-refractivity contribution < 1.29 is 4.42 Å². The number of fused-ring (bicyclic) bond motifs is 8. The van der Waals surface area contributed by atoms with Crippen molar-refractivity contribution in [3.8, 4) is 51.0 Å². The molecule has 0 radical (unpaired) electrons. The first-order valence-corrected chi connectivity index (χ1v) is 19.5. The lowest BCUT2D eigenvalue weighted by molar-refractivity contribution is 0.670. The van der Waals surface area contributed by atoms with Crippen LogP contribution in [0.2, 0.25) is 0 Å². The van der Waals surface area contributed by atoms with Crippen LogP contribution in [0, 0.1) is 0 Å². The van der Waals surface area contributed by atoms with Crippen LogP contribution in [0.5, 0.6) is 0 Å². The second kappa shape index (κ2) is 12.8. The lowest BCUT2D eigenvalue weighted by atomic mass is 10.0. The van der Waals surface area contributed by atoms with Gasteiger partial charge in [-0.25, -0.2) is 15.0 Å². The highest BCUT2D eigenvalue weighted by atomic mass is 16.3. The summed E-state index contributed by atoms with van der Waals surface area (Å²) in [6.45, 7) is 0. The van der Waals surface area contributed by atoms with E-state index < -0.39 is 0 Å². The lowest BCUT2D eigenvalue weighted by Crippen LogP contribution is -2.00. The zero-order valence-corrected chi connectivity index (χ0v) is 31.2. The van der Waals surface area contributed by atoms with Crippen LogP contribution >= 0.6 is 0 Å². The maximum absolute atomic E-state index is 6.89. The molecule has 0 aliphatic carbocycles. The molecule has 0 aliphatic heterocycles. The van der Waals surface area contributed by atoms with Gasteiger partial charge in [0.15, 0.2) is 17.5 Å². The van der Waals surface area contributed by atoms with Crippen LogP contribution in [0.4, 0.5) is 0 Å². The van der Waals surface area contributed by atoms with Gasteiger partial charge in [0.25, 0.3) is 0 Å². The maximum Gasteiger partial charge on any atom is 0.164 e. The van der Waals surface area contributed by atoms with Gasteiger partial charge in [0.2, 0.25) is 0 Å². The van der Waals surface area contributed by atoms with Crippen LogP contribution in [0.3, 0.4) is 0 Å². The summed E-state index contributed by atoms with van der Waals surface area (Å²) < 4.78 is 9.27. The monoisotopic (exact) mass is 740 g/mol. The Morgan fingerprint density at radius 2 is 0.845 bits per heavy atom. The normalized spacial score (nSPS) is 11.8. The summed E-state index contributed by atoms with van der Waals surface area (Å²) >= 11 is 0. The average molecular weight is 741 g/mol. The summed E-state index contributed by atoms with van der Waals surface area (Å²) in [6.07, 6.45) is 0. The molecule has 58 heavy (non-hydrogen) atoms. The number of benzene rings is 9. The molecule has 0 spiro atoms. The van der Waals surface area contributed by atoms with Gasteiger partial charge in [0.1, 0.15) is 11.2 Å². The number of aromatic nitrogens is 4. The van der Waals surface area contributed by atoms with E-state index in [-0.39, 0.29) is 0 Å². The minimum atomic E-state index is 0.581. The standard InChI is InChI=1S/C53H32N4O/c1-2-14-35(15-3-1)45-31-41(57-47-20-10-8-18-42(47)43-19-9-11-21-48(43)57)32-46-44-27-26-40(30-49(44)58-50(45)46)53-55-51(38-24-22-33-12-4-6-16-36(33)28-38)54-52(56-53)39-25-23-34-13-5-7-17-37(34)29-39/h1-32H. The molecule has 0 atom stereocenters. The highest BCUT2D eigenvalue weighted by molar-refractivity contribution is 6.13. The van der Waals surface area contributed by atoms with Crippen LogP contribution in [-0.4, -0.2) is 19.5 Å². The van der Waals surface area contributed by atoms with Gasteiger partial charge in [-0.15, -0.1) is 0 Å². The van der Waals surface area contributed by atoms with E-state index in [1.165, 1.54) is 21.5 Å². The first kappa shape index (κ1) is 32.4. The van der Waals surface area contributed by atoms with Crippen LogP contribution in [0.1, 0.15) is 0 Å². The predicted molar refractivity (Wildman–Crippen MR) is 238 cm³/mol. The van der Waals surface area contributed by atoms with E-state index in [9.17, 15) is 0 Å². The first-order valence-electron chi connectivity index (χ1n) is 19.5. The number of rotatable bonds is 5. The van der Waals surface area contributed by atoms with Crippen molar-refractivity contribution in [1.82, 2.24) is 19.5 Å². The van der Waals surface area contributed by atoms with Crippen molar-refractivity contribution in [2.24, 2.45) is 0 Å². The molecule has 12 rings (SSSR count). The third kappa shape index (κ3) is 5.21. The smallest absolute Gasteiger partial charge is 0.164 e. The summed E-state index contributed by atoms with van der Waals surface area (Å²) in [7, 11) is 0. The van der Waals surface area contributed by atoms with Crippen LogP contribution in [0.15, 0.2) is 199 Å². The fourth-order valence-corrected chi connectivity index (χ4v) is 8.58. The Kier molecular flexibility index (Phi) is 7.16. The molecule has 0 saturated carbocycles. The van der Waals surface area contributed by atoms with E-state index >= 15 is 0 Å². The number of para-hydroxylation sites is 2. The molecule has 0 amide bonds. The van der Waals surface area contributed by atoms with E-state index in [0.717, 1.165) is 77.2 Å². The van der Waals surface area contributed by atoms with E-state index in [4.69, 9.17) is 19.4 Å². The second-order valence-electron chi connectivity index (χ2n) is 14.8. The Morgan fingerprint density at radius 1 is 0.345 bits per heavy atom. The van der Waals surface area contributed by atoms with Gasteiger partial charge in [0, 0.05) is 49.5 Å². The quantitative estimate of drug-likeness (QED) is 0.176. The van der Waals surface area contributed by atoms with Gasteiger partial charge in [-0.3, -0.25) is 0 Å². The fraction of sp³-hybridized carbons (Fsp3) is 0. The Balaban J connectivity index is 1.07. The molecule has 0 fully saturated rings. The molecule has 0 unspecified atom stereocenters. The Hall–Kier alpha value is -7.89. The number of hydrogen-bond acceptors (Lipinski definition) is 4. The van der Waals surface area contributed by atoms with E-state index in [0.29, 0.717) is 17.5 Å². The van der Waals surface area contributed by atoms with E-state index in [1.54, 1.807) is 0 Å².